The topological polar surface area (TPSA) is 54.5 Å². The third-order valence-corrected chi connectivity index (χ3v) is 3.51. The number of benzene rings is 1. The Balaban J connectivity index is 2.00. The first kappa shape index (κ1) is 13.7. The molecule has 0 unspecified atom stereocenters. The van der Waals surface area contributed by atoms with E-state index in [4.69, 9.17) is 16.3 Å². The molecule has 5 nitrogen and oxygen atoms in total. The molecule has 108 valence electrons. The summed E-state index contributed by atoms with van der Waals surface area (Å²) in [5, 5.41) is 3.44. The number of fused-ring (bicyclic) bond motifs is 1. The standard InChI is InChI=1S/C15H14ClN3O2/c1-17-11-8-10(16)9-18-14(11)15(20)19-6-7-21-13-5-3-2-4-12(13)19/h2-5,8-9,17H,6-7H2,1H3. The van der Waals surface area contributed by atoms with Gasteiger partial charge in [-0.05, 0) is 18.2 Å². The summed E-state index contributed by atoms with van der Waals surface area (Å²) in [6.45, 7) is 0.953. The lowest BCUT2D eigenvalue weighted by molar-refractivity contribution is 0.0972. The number of rotatable bonds is 2. The van der Waals surface area contributed by atoms with E-state index in [2.05, 4.69) is 10.3 Å². The van der Waals surface area contributed by atoms with Crippen LogP contribution in [0, 0.1) is 0 Å². The zero-order chi connectivity index (χ0) is 14.8. The Morgan fingerprint density at radius 3 is 3.05 bits per heavy atom. The van der Waals surface area contributed by atoms with Crippen LogP contribution in [0.25, 0.3) is 0 Å². The largest absolute Gasteiger partial charge is 0.490 e. The van der Waals surface area contributed by atoms with Gasteiger partial charge in [-0.25, -0.2) is 4.98 Å². The molecule has 21 heavy (non-hydrogen) atoms. The Kier molecular flexibility index (Phi) is 3.66. The first-order valence-corrected chi connectivity index (χ1v) is 6.95. The number of amides is 1. The smallest absolute Gasteiger partial charge is 0.279 e. The van der Waals surface area contributed by atoms with Crippen LogP contribution in [0.2, 0.25) is 5.02 Å². The summed E-state index contributed by atoms with van der Waals surface area (Å²) < 4.78 is 5.56. The summed E-state index contributed by atoms with van der Waals surface area (Å²) >= 11 is 5.92. The van der Waals surface area contributed by atoms with Gasteiger partial charge in [0.2, 0.25) is 0 Å². The van der Waals surface area contributed by atoms with Gasteiger partial charge in [0.25, 0.3) is 5.91 Å². The Labute approximate surface area is 127 Å². The van der Waals surface area contributed by atoms with Crippen LogP contribution < -0.4 is 15.0 Å². The van der Waals surface area contributed by atoms with Crippen LogP contribution in [0.3, 0.4) is 0 Å². The molecule has 1 aliphatic heterocycles. The summed E-state index contributed by atoms with van der Waals surface area (Å²) in [5.74, 6) is 0.531. The number of para-hydroxylation sites is 2. The van der Waals surface area contributed by atoms with Crippen LogP contribution >= 0.6 is 11.6 Å². The maximum Gasteiger partial charge on any atom is 0.279 e. The van der Waals surface area contributed by atoms with Crippen molar-refractivity contribution in [2.75, 3.05) is 30.4 Å². The minimum atomic E-state index is -0.174. The average Bonchev–Trinajstić information content (AvgIpc) is 2.53. The van der Waals surface area contributed by atoms with Crippen molar-refractivity contribution < 1.29 is 9.53 Å². The van der Waals surface area contributed by atoms with Crippen molar-refractivity contribution in [1.82, 2.24) is 4.98 Å². The third-order valence-electron chi connectivity index (χ3n) is 3.30. The number of hydrogen-bond acceptors (Lipinski definition) is 4. The SMILES string of the molecule is CNc1cc(Cl)cnc1C(=O)N1CCOc2ccccc21. The van der Waals surface area contributed by atoms with Crippen molar-refractivity contribution in [3.63, 3.8) is 0 Å². The van der Waals surface area contributed by atoms with Gasteiger partial charge in [0, 0.05) is 13.2 Å². The third kappa shape index (κ3) is 2.52. The number of nitrogens with one attached hydrogen (secondary N) is 1. The Bertz CT molecular complexity index is 690. The van der Waals surface area contributed by atoms with E-state index in [0.717, 1.165) is 5.69 Å². The van der Waals surface area contributed by atoms with Crippen molar-refractivity contribution in [2.24, 2.45) is 0 Å². The molecule has 0 saturated carbocycles. The van der Waals surface area contributed by atoms with E-state index in [1.54, 1.807) is 18.0 Å². The van der Waals surface area contributed by atoms with Crippen LogP contribution in [-0.2, 0) is 0 Å². The fourth-order valence-electron chi connectivity index (χ4n) is 2.31. The van der Waals surface area contributed by atoms with Gasteiger partial charge < -0.3 is 15.0 Å². The molecule has 0 fully saturated rings. The molecule has 1 aromatic heterocycles. The number of aromatic nitrogens is 1. The maximum absolute atomic E-state index is 12.8. The van der Waals surface area contributed by atoms with Crippen LogP contribution in [0.15, 0.2) is 36.5 Å². The molecule has 2 heterocycles. The van der Waals surface area contributed by atoms with Gasteiger partial charge in [-0.15, -0.1) is 0 Å². The van der Waals surface area contributed by atoms with Gasteiger partial charge in [0.15, 0.2) is 5.69 Å². The highest BCUT2D eigenvalue weighted by atomic mass is 35.5. The Hall–Kier alpha value is -2.27. The summed E-state index contributed by atoms with van der Waals surface area (Å²) in [7, 11) is 1.73. The second kappa shape index (κ2) is 5.61. The van der Waals surface area contributed by atoms with E-state index in [9.17, 15) is 4.79 Å². The quantitative estimate of drug-likeness (QED) is 0.927. The number of ether oxygens (including phenoxy) is 1. The number of pyridine rings is 1. The summed E-state index contributed by atoms with van der Waals surface area (Å²) in [5.41, 5.74) is 1.71. The molecule has 6 heteroatoms. The minimum Gasteiger partial charge on any atom is -0.490 e. The van der Waals surface area contributed by atoms with Gasteiger partial charge in [0.05, 0.1) is 22.9 Å². The molecule has 0 spiro atoms. The summed E-state index contributed by atoms with van der Waals surface area (Å²) in [6.07, 6.45) is 1.47. The normalized spacial score (nSPS) is 13.3. The zero-order valence-electron chi connectivity index (χ0n) is 11.5. The number of halogens is 1. The lowest BCUT2D eigenvalue weighted by atomic mass is 10.2. The molecular weight excluding hydrogens is 290 g/mol. The monoisotopic (exact) mass is 303 g/mol. The molecule has 0 radical (unpaired) electrons. The second-order valence-electron chi connectivity index (χ2n) is 4.57. The number of hydrogen-bond donors (Lipinski definition) is 1. The molecule has 1 N–H and O–H groups in total. The summed E-state index contributed by atoms with van der Waals surface area (Å²) in [6, 6.07) is 9.16. The number of nitrogens with zero attached hydrogens (tertiary/aromatic N) is 2. The second-order valence-corrected chi connectivity index (χ2v) is 5.01. The highest BCUT2D eigenvalue weighted by Crippen LogP contribution is 2.32. The molecule has 0 atom stereocenters. The van der Waals surface area contributed by atoms with E-state index in [1.807, 2.05) is 24.3 Å². The van der Waals surface area contributed by atoms with Crippen molar-refractivity contribution in [3.05, 3.63) is 47.2 Å². The number of carbonyl (C=O) groups excluding carboxylic acids is 1. The minimum absolute atomic E-state index is 0.174. The highest BCUT2D eigenvalue weighted by Gasteiger charge is 2.26. The van der Waals surface area contributed by atoms with Crippen LogP contribution in [0.1, 0.15) is 10.5 Å². The molecule has 1 amide bonds. The van der Waals surface area contributed by atoms with Gasteiger partial charge in [-0.1, -0.05) is 23.7 Å². The lowest BCUT2D eigenvalue weighted by Crippen LogP contribution is -2.38. The molecule has 3 rings (SSSR count). The van der Waals surface area contributed by atoms with E-state index in [1.165, 1.54) is 6.20 Å². The van der Waals surface area contributed by atoms with Crippen molar-refractivity contribution in [2.45, 2.75) is 0 Å². The molecule has 0 saturated heterocycles. The van der Waals surface area contributed by atoms with E-state index in [0.29, 0.717) is 35.3 Å². The summed E-state index contributed by atoms with van der Waals surface area (Å²) in [4.78, 5) is 18.6. The molecular formula is C15H14ClN3O2. The van der Waals surface area contributed by atoms with Crippen molar-refractivity contribution >= 4 is 28.9 Å². The zero-order valence-corrected chi connectivity index (χ0v) is 12.2. The number of anilines is 2. The number of carbonyl (C=O) groups is 1. The first-order chi connectivity index (χ1) is 10.2. The van der Waals surface area contributed by atoms with Gasteiger partial charge in [-0.2, -0.15) is 0 Å². The van der Waals surface area contributed by atoms with Gasteiger partial charge >= 0.3 is 0 Å². The van der Waals surface area contributed by atoms with E-state index < -0.39 is 0 Å². The Morgan fingerprint density at radius 1 is 1.43 bits per heavy atom. The van der Waals surface area contributed by atoms with Crippen LogP contribution in [0.5, 0.6) is 5.75 Å². The van der Waals surface area contributed by atoms with Crippen molar-refractivity contribution in [1.29, 1.82) is 0 Å². The maximum atomic E-state index is 12.8. The molecule has 1 aromatic carbocycles. The molecule has 0 bridgehead atoms. The fourth-order valence-corrected chi connectivity index (χ4v) is 2.47. The average molecular weight is 304 g/mol. The van der Waals surface area contributed by atoms with Gasteiger partial charge in [-0.3, -0.25) is 4.79 Å². The van der Waals surface area contributed by atoms with Crippen LogP contribution in [-0.4, -0.2) is 31.1 Å². The molecule has 1 aliphatic rings. The van der Waals surface area contributed by atoms with Gasteiger partial charge in [0.1, 0.15) is 12.4 Å². The lowest BCUT2D eigenvalue weighted by Gasteiger charge is -2.29. The first-order valence-electron chi connectivity index (χ1n) is 6.57. The predicted octanol–water partition coefficient (Wildman–Crippen LogP) is 2.82. The fraction of sp³-hybridized carbons (Fsp3) is 0.200. The Morgan fingerprint density at radius 2 is 2.24 bits per heavy atom. The highest BCUT2D eigenvalue weighted by molar-refractivity contribution is 6.31. The van der Waals surface area contributed by atoms with Crippen molar-refractivity contribution in [3.8, 4) is 5.75 Å². The molecule has 0 aliphatic carbocycles. The van der Waals surface area contributed by atoms with E-state index in [-0.39, 0.29) is 5.91 Å². The van der Waals surface area contributed by atoms with Crippen LogP contribution in [0.4, 0.5) is 11.4 Å². The van der Waals surface area contributed by atoms with E-state index >= 15 is 0 Å². The predicted molar refractivity (Wildman–Crippen MR) is 82.4 cm³/mol. The molecule has 2 aromatic rings.